The van der Waals surface area contributed by atoms with Crippen molar-refractivity contribution in [1.29, 1.82) is 0 Å². The van der Waals surface area contributed by atoms with E-state index in [0.717, 1.165) is 28.0 Å². The lowest BCUT2D eigenvalue weighted by molar-refractivity contribution is -0.129. The molecule has 0 aromatic heterocycles. The monoisotopic (exact) mass is 458 g/mol. The molecule has 7 heteroatoms. The van der Waals surface area contributed by atoms with Crippen LogP contribution in [0.4, 0.5) is 0 Å². The highest BCUT2D eigenvalue weighted by atomic mass is 16.5. The zero-order valence-corrected chi connectivity index (χ0v) is 19.3. The number of nitrogens with zero attached hydrogens (tertiary/aromatic N) is 1. The first kappa shape index (κ1) is 24.3. The summed E-state index contributed by atoms with van der Waals surface area (Å²) in [5, 5.41) is 3.93. The van der Waals surface area contributed by atoms with Crippen LogP contribution in [-0.2, 0) is 9.59 Å². The van der Waals surface area contributed by atoms with Crippen molar-refractivity contribution in [2.24, 2.45) is 5.10 Å². The van der Waals surface area contributed by atoms with Gasteiger partial charge in [0.05, 0.1) is 13.3 Å². The molecule has 3 aromatic carbocycles. The summed E-state index contributed by atoms with van der Waals surface area (Å²) in [4.78, 5) is 24.0. The number of methoxy groups -OCH3 is 1. The lowest BCUT2D eigenvalue weighted by Crippen LogP contribution is -2.24. The van der Waals surface area contributed by atoms with Gasteiger partial charge in [-0.05, 0) is 84.6 Å². The quantitative estimate of drug-likeness (QED) is 0.168. The van der Waals surface area contributed by atoms with E-state index >= 15 is 0 Å². The van der Waals surface area contributed by atoms with Gasteiger partial charge < -0.3 is 14.2 Å². The number of carbonyl (C=O) groups excluding carboxylic acids is 2. The minimum Gasteiger partial charge on any atom is -0.497 e. The molecule has 0 heterocycles. The van der Waals surface area contributed by atoms with Gasteiger partial charge in [0.1, 0.15) is 17.2 Å². The maximum absolute atomic E-state index is 12.0. The number of ether oxygens (including phenoxy) is 3. The summed E-state index contributed by atoms with van der Waals surface area (Å²) in [5.74, 6) is 0.948. The fraction of sp³-hybridized carbons (Fsp3) is 0.148. The van der Waals surface area contributed by atoms with E-state index in [4.69, 9.17) is 14.2 Å². The van der Waals surface area contributed by atoms with Gasteiger partial charge in [-0.25, -0.2) is 10.2 Å². The first-order valence-corrected chi connectivity index (χ1v) is 10.6. The van der Waals surface area contributed by atoms with Crippen LogP contribution >= 0.6 is 0 Å². The van der Waals surface area contributed by atoms with E-state index < -0.39 is 5.97 Å². The summed E-state index contributed by atoms with van der Waals surface area (Å²) in [6.45, 7) is 3.74. The van der Waals surface area contributed by atoms with Gasteiger partial charge in [-0.1, -0.05) is 24.3 Å². The van der Waals surface area contributed by atoms with Crippen molar-refractivity contribution in [3.05, 3.63) is 95.1 Å². The van der Waals surface area contributed by atoms with Crippen molar-refractivity contribution >= 4 is 24.2 Å². The molecule has 0 aliphatic heterocycles. The molecule has 174 valence electrons. The van der Waals surface area contributed by atoms with Gasteiger partial charge in [-0.3, -0.25) is 4.79 Å². The first-order valence-electron chi connectivity index (χ1n) is 10.6. The van der Waals surface area contributed by atoms with Gasteiger partial charge in [-0.15, -0.1) is 0 Å². The van der Waals surface area contributed by atoms with Gasteiger partial charge in [0.25, 0.3) is 5.91 Å². The lowest BCUT2D eigenvalue weighted by Gasteiger charge is -2.08. The molecule has 0 spiro atoms. The zero-order chi connectivity index (χ0) is 24.3. The molecule has 0 radical (unpaired) electrons. The molecule has 0 fully saturated rings. The molecule has 0 atom stereocenters. The predicted octanol–water partition coefficient (Wildman–Crippen LogP) is 4.46. The average Bonchev–Trinajstić information content (AvgIpc) is 2.84. The van der Waals surface area contributed by atoms with E-state index in [-0.39, 0.29) is 12.5 Å². The molecular weight excluding hydrogens is 432 g/mol. The molecule has 0 unspecified atom stereocenters. The van der Waals surface area contributed by atoms with Gasteiger partial charge in [0.15, 0.2) is 6.61 Å². The van der Waals surface area contributed by atoms with E-state index in [1.54, 1.807) is 37.5 Å². The third kappa shape index (κ3) is 7.63. The van der Waals surface area contributed by atoms with Crippen LogP contribution in [0.25, 0.3) is 6.08 Å². The number of aryl methyl sites for hydroxylation is 2. The van der Waals surface area contributed by atoms with Gasteiger partial charge >= 0.3 is 5.97 Å². The van der Waals surface area contributed by atoms with Gasteiger partial charge in [0.2, 0.25) is 0 Å². The van der Waals surface area contributed by atoms with Crippen LogP contribution in [0.15, 0.2) is 77.9 Å². The molecule has 1 N–H and O–H groups in total. The number of nitrogens with one attached hydrogen (secondary N) is 1. The summed E-state index contributed by atoms with van der Waals surface area (Å²) in [6, 6.07) is 19.8. The third-order valence-electron chi connectivity index (χ3n) is 4.73. The highest BCUT2D eigenvalue weighted by molar-refractivity contribution is 5.89. The summed E-state index contributed by atoms with van der Waals surface area (Å²) in [5.41, 5.74) is 6.02. The Bertz CT molecular complexity index is 1180. The number of benzene rings is 3. The summed E-state index contributed by atoms with van der Waals surface area (Å²) in [7, 11) is 1.60. The van der Waals surface area contributed by atoms with Crippen LogP contribution in [0.2, 0.25) is 0 Å². The SMILES string of the molecule is COc1ccc(C=CC(=O)Oc2ccc(C=NNC(=O)COc3cc(C)ccc3C)cc2)cc1. The van der Waals surface area contributed by atoms with Crippen molar-refractivity contribution in [3.8, 4) is 17.2 Å². The molecule has 0 saturated carbocycles. The summed E-state index contributed by atoms with van der Waals surface area (Å²) in [6.07, 6.45) is 4.51. The Morgan fingerprint density at radius 1 is 0.912 bits per heavy atom. The lowest BCUT2D eigenvalue weighted by atomic mass is 10.1. The van der Waals surface area contributed by atoms with Crippen LogP contribution in [0.1, 0.15) is 22.3 Å². The maximum atomic E-state index is 12.0. The van der Waals surface area contributed by atoms with Gasteiger partial charge in [-0.2, -0.15) is 5.10 Å². The maximum Gasteiger partial charge on any atom is 0.336 e. The minimum absolute atomic E-state index is 0.138. The Balaban J connectivity index is 1.44. The second-order valence-corrected chi connectivity index (χ2v) is 7.45. The van der Waals surface area contributed by atoms with Crippen molar-refractivity contribution in [1.82, 2.24) is 5.43 Å². The van der Waals surface area contributed by atoms with E-state index in [1.165, 1.54) is 12.3 Å². The highest BCUT2D eigenvalue weighted by Crippen LogP contribution is 2.19. The van der Waals surface area contributed by atoms with E-state index in [9.17, 15) is 9.59 Å². The third-order valence-corrected chi connectivity index (χ3v) is 4.73. The molecule has 0 aliphatic rings. The van der Waals surface area contributed by atoms with Crippen molar-refractivity contribution in [2.75, 3.05) is 13.7 Å². The average molecular weight is 459 g/mol. The van der Waals surface area contributed by atoms with Gasteiger partial charge in [0, 0.05) is 6.08 Å². The number of hydrogen-bond donors (Lipinski definition) is 1. The largest absolute Gasteiger partial charge is 0.497 e. The molecule has 7 nitrogen and oxygen atoms in total. The molecule has 0 aliphatic carbocycles. The number of carbonyl (C=O) groups is 2. The Kier molecular flexibility index (Phi) is 8.57. The van der Waals surface area contributed by atoms with E-state index in [2.05, 4.69) is 10.5 Å². The fourth-order valence-corrected chi connectivity index (χ4v) is 2.87. The second kappa shape index (κ2) is 12.0. The van der Waals surface area contributed by atoms with Crippen LogP contribution < -0.4 is 19.6 Å². The normalized spacial score (nSPS) is 10.9. The number of hydrazone groups is 1. The standard InChI is InChI=1S/C27H26N2O5/c1-19-4-5-20(2)25(16-19)33-18-26(30)29-28-17-22-8-13-24(14-9-22)34-27(31)15-10-21-6-11-23(32-3)12-7-21/h4-17H,18H2,1-3H3,(H,29,30). The van der Waals surface area contributed by atoms with Crippen LogP contribution in [-0.4, -0.2) is 31.8 Å². The molecule has 0 bridgehead atoms. The molecule has 3 rings (SSSR count). The van der Waals surface area contributed by atoms with Crippen molar-refractivity contribution in [3.63, 3.8) is 0 Å². The minimum atomic E-state index is -0.492. The van der Waals surface area contributed by atoms with Crippen molar-refractivity contribution in [2.45, 2.75) is 13.8 Å². The van der Waals surface area contributed by atoms with Crippen LogP contribution in [0.3, 0.4) is 0 Å². The summed E-state index contributed by atoms with van der Waals surface area (Å²) >= 11 is 0. The molecule has 34 heavy (non-hydrogen) atoms. The summed E-state index contributed by atoms with van der Waals surface area (Å²) < 4.78 is 15.9. The molecule has 1 amide bonds. The Morgan fingerprint density at radius 3 is 2.29 bits per heavy atom. The Hall–Kier alpha value is -4.39. The first-order chi connectivity index (χ1) is 16.4. The van der Waals surface area contributed by atoms with E-state index in [0.29, 0.717) is 11.5 Å². The number of hydrogen-bond acceptors (Lipinski definition) is 6. The highest BCUT2D eigenvalue weighted by Gasteiger charge is 2.05. The zero-order valence-electron chi connectivity index (χ0n) is 19.3. The predicted molar refractivity (Wildman–Crippen MR) is 131 cm³/mol. The smallest absolute Gasteiger partial charge is 0.336 e. The fourth-order valence-electron chi connectivity index (χ4n) is 2.87. The van der Waals surface area contributed by atoms with Crippen LogP contribution in [0, 0.1) is 13.8 Å². The molecule has 3 aromatic rings. The number of rotatable bonds is 9. The number of esters is 1. The topological polar surface area (TPSA) is 86.2 Å². The number of amides is 1. The second-order valence-electron chi connectivity index (χ2n) is 7.45. The van der Waals surface area contributed by atoms with Crippen molar-refractivity contribution < 1.29 is 23.8 Å². The van der Waals surface area contributed by atoms with E-state index in [1.807, 2.05) is 56.3 Å². The van der Waals surface area contributed by atoms with Crippen LogP contribution in [0.5, 0.6) is 17.2 Å². The molecular formula is C27H26N2O5. The molecule has 0 saturated heterocycles. The Labute approximate surface area is 198 Å². The Morgan fingerprint density at radius 2 is 1.59 bits per heavy atom.